The largest absolute Gasteiger partial charge is 0.269 e. The second kappa shape index (κ2) is 2.57. The summed E-state index contributed by atoms with van der Waals surface area (Å²) in [6.07, 6.45) is 8.72. The molecule has 0 aromatic carbocycles. The van der Waals surface area contributed by atoms with Crippen molar-refractivity contribution in [2.45, 2.75) is 19.9 Å². The quantitative estimate of drug-likeness (QED) is 0.531. The minimum absolute atomic E-state index is 0.391. The third-order valence-corrected chi connectivity index (χ3v) is 1.30. The van der Waals surface area contributed by atoms with E-state index in [1.807, 2.05) is 10.9 Å². The van der Waals surface area contributed by atoms with Gasteiger partial charge in [0.25, 0.3) is 0 Å². The molecule has 0 bridgehead atoms. The Morgan fingerprint density at radius 1 is 1.70 bits per heavy atom. The molecule has 0 spiro atoms. The zero-order chi connectivity index (χ0) is 7.56. The van der Waals surface area contributed by atoms with Crippen molar-refractivity contribution in [3.05, 3.63) is 18.0 Å². The highest BCUT2D eigenvalue weighted by Crippen LogP contribution is 2.03. The molecule has 2 heteroatoms. The molecule has 1 aromatic heterocycles. The van der Waals surface area contributed by atoms with Gasteiger partial charge in [-0.15, -0.1) is 6.42 Å². The molecule has 0 aliphatic carbocycles. The molecular weight excluding hydrogens is 124 g/mol. The van der Waals surface area contributed by atoms with Crippen LogP contribution in [0.25, 0.3) is 0 Å². The van der Waals surface area contributed by atoms with E-state index in [0.29, 0.717) is 6.04 Å². The molecule has 0 fully saturated rings. The molecule has 10 heavy (non-hydrogen) atoms. The molecule has 0 aliphatic rings. The van der Waals surface area contributed by atoms with Crippen LogP contribution >= 0.6 is 0 Å². The van der Waals surface area contributed by atoms with Crippen LogP contribution in [0.4, 0.5) is 0 Å². The van der Waals surface area contributed by atoms with Crippen LogP contribution in [-0.2, 0) is 0 Å². The van der Waals surface area contributed by atoms with Gasteiger partial charge in [-0.2, -0.15) is 5.10 Å². The van der Waals surface area contributed by atoms with Gasteiger partial charge in [-0.05, 0) is 13.8 Å². The number of nitrogens with zero attached hydrogens (tertiary/aromatic N) is 2. The number of hydrogen-bond acceptors (Lipinski definition) is 1. The van der Waals surface area contributed by atoms with E-state index in [9.17, 15) is 0 Å². The van der Waals surface area contributed by atoms with E-state index in [1.54, 1.807) is 6.20 Å². The van der Waals surface area contributed by atoms with E-state index >= 15 is 0 Å². The lowest BCUT2D eigenvalue weighted by Gasteiger charge is -2.01. The van der Waals surface area contributed by atoms with Gasteiger partial charge in [0.1, 0.15) is 0 Å². The van der Waals surface area contributed by atoms with Gasteiger partial charge < -0.3 is 0 Å². The first-order valence-corrected chi connectivity index (χ1v) is 3.25. The second-order valence-corrected chi connectivity index (χ2v) is 2.45. The molecule has 52 valence electrons. The van der Waals surface area contributed by atoms with Gasteiger partial charge in [-0.1, -0.05) is 5.92 Å². The van der Waals surface area contributed by atoms with Crippen LogP contribution in [0.5, 0.6) is 0 Å². The second-order valence-electron chi connectivity index (χ2n) is 2.45. The van der Waals surface area contributed by atoms with E-state index in [4.69, 9.17) is 6.42 Å². The average molecular weight is 134 g/mol. The molecule has 0 unspecified atom stereocenters. The van der Waals surface area contributed by atoms with E-state index in [-0.39, 0.29) is 0 Å². The Bertz CT molecular complexity index is 252. The first-order valence-electron chi connectivity index (χ1n) is 3.25. The van der Waals surface area contributed by atoms with Crippen molar-refractivity contribution in [3.63, 3.8) is 0 Å². The third-order valence-electron chi connectivity index (χ3n) is 1.30. The van der Waals surface area contributed by atoms with Crippen LogP contribution in [0.1, 0.15) is 25.5 Å². The number of hydrogen-bond donors (Lipinski definition) is 0. The van der Waals surface area contributed by atoms with Gasteiger partial charge in [-0.3, -0.25) is 4.68 Å². The van der Waals surface area contributed by atoms with Gasteiger partial charge in [0.15, 0.2) is 0 Å². The Morgan fingerprint density at radius 2 is 2.40 bits per heavy atom. The number of rotatable bonds is 1. The Morgan fingerprint density at radius 3 is 2.70 bits per heavy atom. The van der Waals surface area contributed by atoms with Gasteiger partial charge in [0, 0.05) is 12.2 Å². The lowest BCUT2D eigenvalue weighted by atomic mass is 10.4. The van der Waals surface area contributed by atoms with Crippen LogP contribution < -0.4 is 0 Å². The van der Waals surface area contributed by atoms with Crippen LogP contribution in [0, 0.1) is 12.3 Å². The molecular formula is C8H10N2. The van der Waals surface area contributed by atoms with E-state index in [1.165, 1.54) is 0 Å². The maximum atomic E-state index is 5.16. The van der Waals surface area contributed by atoms with Crippen molar-refractivity contribution in [3.8, 4) is 12.3 Å². The SMILES string of the molecule is C#Cc1cnn(C(C)C)c1. The summed E-state index contributed by atoms with van der Waals surface area (Å²) in [7, 11) is 0. The average Bonchev–Trinajstić information content (AvgIpc) is 2.34. The van der Waals surface area contributed by atoms with Crippen molar-refractivity contribution in [2.24, 2.45) is 0 Å². The molecule has 1 aromatic rings. The van der Waals surface area contributed by atoms with Crippen LogP contribution in [0.2, 0.25) is 0 Å². The smallest absolute Gasteiger partial charge is 0.0646 e. The summed E-state index contributed by atoms with van der Waals surface area (Å²) in [6, 6.07) is 0.391. The highest BCUT2D eigenvalue weighted by molar-refractivity contribution is 5.26. The molecule has 0 atom stereocenters. The molecule has 0 saturated heterocycles. The van der Waals surface area contributed by atoms with Crippen molar-refractivity contribution < 1.29 is 0 Å². The maximum Gasteiger partial charge on any atom is 0.0646 e. The molecule has 0 N–H and O–H groups in total. The van der Waals surface area contributed by atoms with Crippen LogP contribution in [0.3, 0.4) is 0 Å². The molecule has 0 radical (unpaired) electrons. The Kier molecular flexibility index (Phi) is 1.77. The summed E-state index contributed by atoms with van der Waals surface area (Å²) in [6.45, 7) is 4.13. The summed E-state index contributed by atoms with van der Waals surface area (Å²) < 4.78 is 1.84. The molecule has 0 aliphatic heterocycles. The normalized spacial score (nSPS) is 9.80. The van der Waals surface area contributed by atoms with Gasteiger partial charge >= 0.3 is 0 Å². The summed E-state index contributed by atoms with van der Waals surface area (Å²) in [5.74, 6) is 2.52. The number of terminal acetylenes is 1. The lowest BCUT2D eigenvalue weighted by Crippen LogP contribution is -1.99. The molecule has 2 nitrogen and oxygen atoms in total. The van der Waals surface area contributed by atoms with E-state index < -0.39 is 0 Å². The first kappa shape index (κ1) is 6.88. The predicted molar refractivity (Wildman–Crippen MR) is 40.5 cm³/mol. The standard InChI is InChI=1S/C8H10N2/c1-4-8-5-9-10(6-8)7(2)3/h1,5-7H,2-3H3. The Hall–Kier alpha value is -1.23. The summed E-state index contributed by atoms with van der Waals surface area (Å²) >= 11 is 0. The fourth-order valence-electron chi connectivity index (χ4n) is 0.695. The molecule has 1 heterocycles. The van der Waals surface area contributed by atoms with Crippen LogP contribution in [-0.4, -0.2) is 9.78 Å². The number of aromatic nitrogens is 2. The van der Waals surface area contributed by atoms with Gasteiger partial charge in [0.05, 0.1) is 11.8 Å². The topological polar surface area (TPSA) is 17.8 Å². The first-order chi connectivity index (χ1) is 4.74. The molecule has 0 amide bonds. The minimum atomic E-state index is 0.391. The van der Waals surface area contributed by atoms with Crippen molar-refractivity contribution in [1.82, 2.24) is 9.78 Å². The van der Waals surface area contributed by atoms with E-state index in [0.717, 1.165) is 5.56 Å². The zero-order valence-corrected chi connectivity index (χ0v) is 6.20. The minimum Gasteiger partial charge on any atom is -0.269 e. The lowest BCUT2D eigenvalue weighted by molar-refractivity contribution is 0.532. The highest BCUT2D eigenvalue weighted by Gasteiger charge is 1.97. The maximum absolute atomic E-state index is 5.16. The summed E-state index contributed by atoms with van der Waals surface area (Å²) in [4.78, 5) is 0. The summed E-state index contributed by atoms with van der Waals surface area (Å²) in [5, 5.41) is 4.06. The van der Waals surface area contributed by atoms with Gasteiger partial charge in [-0.25, -0.2) is 0 Å². The van der Waals surface area contributed by atoms with Crippen molar-refractivity contribution in [1.29, 1.82) is 0 Å². The fourth-order valence-corrected chi connectivity index (χ4v) is 0.695. The predicted octanol–water partition coefficient (Wildman–Crippen LogP) is 1.45. The van der Waals surface area contributed by atoms with Crippen LogP contribution in [0.15, 0.2) is 12.4 Å². The Labute approximate surface area is 60.9 Å². The van der Waals surface area contributed by atoms with E-state index in [2.05, 4.69) is 24.9 Å². The van der Waals surface area contributed by atoms with Crippen molar-refractivity contribution >= 4 is 0 Å². The Balaban J connectivity index is 2.91. The van der Waals surface area contributed by atoms with Crippen molar-refractivity contribution in [2.75, 3.05) is 0 Å². The zero-order valence-electron chi connectivity index (χ0n) is 6.20. The molecule has 0 saturated carbocycles. The fraction of sp³-hybridized carbons (Fsp3) is 0.375. The monoisotopic (exact) mass is 134 g/mol. The van der Waals surface area contributed by atoms with Gasteiger partial charge in [0.2, 0.25) is 0 Å². The summed E-state index contributed by atoms with van der Waals surface area (Å²) in [5.41, 5.74) is 0.841. The third kappa shape index (κ3) is 1.19. The molecule has 1 rings (SSSR count). The highest BCUT2D eigenvalue weighted by atomic mass is 15.3.